The minimum atomic E-state index is -2.97. The molecule has 0 aliphatic carbocycles. The molecule has 0 N–H and O–H groups in total. The van der Waals surface area contributed by atoms with Crippen LogP contribution in [0.25, 0.3) is 55.0 Å². The molecule has 10 rings (SSSR count). The molecule has 3 nitrogen and oxygen atoms in total. The predicted octanol–water partition coefficient (Wildman–Crippen LogP) is 9.13. The second-order valence-electron chi connectivity index (χ2n) is 13.6. The van der Waals surface area contributed by atoms with Gasteiger partial charge in [-0.25, -0.2) is 0 Å². The number of fused-ring (bicyclic) bond motifs is 6. The van der Waals surface area contributed by atoms with Crippen LogP contribution in [-0.4, -0.2) is 17.2 Å². The first kappa shape index (κ1) is 30.9. The zero-order chi connectivity index (χ0) is 35.4. The van der Waals surface area contributed by atoms with Crippen molar-refractivity contribution in [2.24, 2.45) is 0 Å². The average Bonchev–Trinajstić information content (AvgIpc) is 3.75. The van der Waals surface area contributed by atoms with E-state index in [0.717, 1.165) is 11.4 Å². The van der Waals surface area contributed by atoms with E-state index in [1.54, 1.807) is 0 Å². The summed E-state index contributed by atoms with van der Waals surface area (Å²) < 4.78 is 4.79. The van der Waals surface area contributed by atoms with Crippen molar-refractivity contribution < 1.29 is 0 Å². The van der Waals surface area contributed by atoms with Crippen molar-refractivity contribution in [1.82, 2.24) is 9.13 Å². The molecule has 53 heavy (non-hydrogen) atoms. The van der Waals surface area contributed by atoms with Gasteiger partial charge in [0, 0.05) is 32.9 Å². The largest absolute Gasteiger partial charge is 0.309 e. The van der Waals surface area contributed by atoms with Crippen LogP contribution in [0.3, 0.4) is 0 Å². The van der Waals surface area contributed by atoms with Gasteiger partial charge in [-0.15, -0.1) is 0 Å². The lowest BCUT2D eigenvalue weighted by Crippen LogP contribution is -2.74. The highest BCUT2D eigenvalue weighted by molar-refractivity contribution is 7.20. The average molecular weight is 692 g/mol. The molecule has 2 heterocycles. The van der Waals surface area contributed by atoms with E-state index in [2.05, 4.69) is 203 Å². The summed E-state index contributed by atoms with van der Waals surface area (Å²) in [5, 5.41) is 19.9. The summed E-state index contributed by atoms with van der Waals surface area (Å²) in [6.07, 6.45) is 0. The van der Waals surface area contributed by atoms with Crippen LogP contribution in [0.4, 0.5) is 0 Å². The molecule has 0 spiro atoms. The van der Waals surface area contributed by atoms with Crippen LogP contribution in [0.5, 0.6) is 0 Å². The van der Waals surface area contributed by atoms with Gasteiger partial charge in [0.1, 0.15) is 0 Å². The molecule has 0 aliphatic heterocycles. The van der Waals surface area contributed by atoms with E-state index in [0.29, 0.717) is 5.56 Å². The molecular formula is C49H33N3Si. The smallest absolute Gasteiger partial charge is 0.179 e. The number of para-hydroxylation sites is 4. The monoisotopic (exact) mass is 691 g/mol. The number of hydrogen-bond donors (Lipinski definition) is 0. The predicted molar refractivity (Wildman–Crippen MR) is 223 cm³/mol. The molecule has 10 aromatic rings. The molecule has 0 bridgehead atoms. The van der Waals surface area contributed by atoms with E-state index in [1.165, 1.54) is 64.4 Å². The van der Waals surface area contributed by atoms with Crippen molar-refractivity contribution in [3.05, 3.63) is 206 Å². The number of benzene rings is 8. The summed E-state index contributed by atoms with van der Waals surface area (Å²) >= 11 is 0. The number of rotatable bonds is 6. The number of nitriles is 1. The van der Waals surface area contributed by atoms with Crippen molar-refractivity contribution in [1.29, 1.82) is 5.26 Å². The SMILES string of the molecule is N#Cc1ccc([Si](c2ccccc2)(c2ccc(-n3c4ccccc4c4ccccc43)cc2)c2ccc3c4ccccc4n(-c4ccccc4)c3c2)cc1. The number of hydrogen-bond acceptors (Lipinski definition) is 1. The molecule has 0 saturated carbocycles. The Morgan fingerprint density at radius 3 is 1.28 bits per heavy atom. The van der Waals surface area contributed by atoms with E-state index in [9.17, 15) is 5.26 Å². The van der Waals surface area contributed by atoms with Gasteiger partial charge < -0.3 is 9.13 Å². The third-order valence-corrected chi connectivity index (χ3v) is 15.7. The van der Waals surface area contributed by atoms with Gasteiger partial charge in [-0.05, 0) is 81.4 Å². The van der Waals surface area contributed by atoms with Crippen LogP contribution in [0.1, 0.15) is 5.56 Å². The van der Waals surface area contributed by atoms with E-state index in [1.807, 2.05) is 12.1 Å². The highest BCUT2D eigenvalue weighted by Crippen LogP contribution is 2.33. The van der Waals surface area contributed by atoms with Gasteiger partial charge in [0.25, 0.3) is 0 Å². The van der Waals surface area contributed by atoms with Crippen molar-refractivity contribution in [3.8, 4) is 17.4 Å². The van der Waals surface area contributed by atoms with Crippen LogP contribution in [0.15, 0.2) is 200 Å². The first-order valence-electron chi connectivity index (χ1n) is 18.0. The molecule has 1 unspecified atom stereocenters. The van der Waals surface area contributed by atoms with E-state index >= 15 is 0 Å². The standard InChI is InChI=1S/C49H33N3Si/c50-34-35-23-27-39(28-24-35)53(38-15-5-2-6-16-38,40-29-25-37(26-30-40)51-46-20-10-7-17-42(46)43-18-8-11-21-47(43)51)41-31-32-45-44-19-9-12-22-48(44)52(49(45)33-41)36-13-3-1-4-14-36/h1-33H. The molecule has 1 atom stereocenters. The maximum absolute atomic E-state index is 9.84. The second kappa shape index (κ2) is 12.4. The Balaban J connectivity index is 1.27. The zero-order valence-corrected chi connectivity index (χ0v) is 29.9. The van der Waals surface area contributed by atoms with Crippen LogP contribution < -0.4 is 20.7 Å². The lowest BCUT2D eigenvalue weighted by atomic mass is 10.1. The fourth-order valence-corrected chi connectivity index (χ4v) is 13.3. The Labute approximate surface area is 308 Å². The van der Waals surface area contributed by atoms with E-state index in [4.69, 9.17) is 0 Å². The maximum Gasteiger partial charge on any atom is 0.179 e. The summed E-state index contributed by atoms with van der Waals surface area (Å²) in [7, 11) is -2.97. The summed E-state index contributed by atoms with van der Waals surface area (Å²) in [5.74, 6) is 0. The first-order valence-corrected chi connectivity index (χ1v) is 20.0. The van der Waals surface area contributed by atoms with Gasteiger partial charge in [0.05, 0.1) is 33.7 Å². The highest BCUT2D eigenvalue weighted by atomic mass is 28.3. The lowest BCUT2D eigenvalue weighted by Gasteiger charge is -2.34. The van der Waals surface area contributed by atoms with Crippen molar-refractivity contribution in [2.45, 2.75) is 0 Å². The lowest BCUT2D eigenvalue weighted by molar-refractivity contribution is 1.18. The topological polar surface area (TPSA) is 33.6 Å². The van der Waals surface area contributed by atoms with Crippen molar-refractivity contribution >= 4 is 72.4 Å². The van der Waals surface area contributed by atoms with E-state index < -0.39 is 8.07 Å². The Bertz CT molecular complexity index is 2940. The van der Waals surface area contributed by atoms with Gasteiger partial charge in [-0.2, -0.15) is 5.26 Å². The first-order chi connectivity index (χ1) is 26.3. The van der Waals surface area contributed by atoms with Gasteiger partial charge in [0.2, 0.25) is 0 Å². The Kier molecular flexibility index (Phi) is 7.21. The number of nitrogens with zero attached hydrogens (tertiary/aromatic N) is 3. The summed E-state index contributed by atoms with van der Waals surface area (Å²) in [5.41, 5.74) is 7.67. The molecule has 2 aromatic heterocycles. The fourth-order valence-electron chi connectivity index (χ4n) is 8.60. The summed E-state index contributed by atoms with van der Waals surface area (Å²) in [6.45, 7) is 0. The molecule has 0 fully saturated rings. The van der Waals surface area contributed by atoms with Gasteiger partial charge in [0.15, 0.2) is 8.07 Å². The van der Waals surface area contributed by atoms with Gasteiger partial charge >= 0.3 is 0 Å². The molecular weight excluding hydrogens is 659 g/mol. The Hall–Kier alpha value is -6.93. The fraction of sp³-hybridized carbons (Fsp3) is 0. The Morgan fingerprint density at radius 1 is 0.340 bits per heavy atom. The zero-order valence-electron chi connectivity index (χ0n) is 28.9. The third-order valence-electron chi connectivity index (χ3n) is 10.9. The molecule has 0 amide bonds. The minimum absolute atomic E-state index is 0.658. The molecule has 0 saturated heterocycles. The van der Waals surface area contributed by atoms with Crippen LogP contribution in [0.2, 0.25) is 0 Å². The second-order valence-corrected chi connectivity index (χ2v) is 17.5. The normalized spacial score (nSPS) is 12.7. The summed E-state index contributed by atoms with van der Waals surface area (Å²) in [6, 6.07) is 74.8. The van der Waals surface area contributed by atoms with Crippen LogP contribution in [-0.2, 0) is 0 Å². The van der Waals surface area contributed by atoms with Crippen molar-refractivity contribution in [2.75, 3.05) is 0 Å². The van der Waals surface area contributed by atoms with Gasteiger partial charge in [-0.1, -0.05) is 140 Å². The van der Waals surface area contributed by atoms with E-state index in [-0.39, 0.29) is 0 Å². The van der Waals surface area contributed by atoms with Crippen LogP contribution >= 0.6 is 0 Å². The van der Waals surface area contributed by atoms with Crippen molar-refractivity contribution in [3.63, 3.8) is 0 Å². The maximum atomic E-state index is 9.84. The molecule has 0 radical (unpaired) electrons. The summed E-state index contributed by atoms with van der Waals surface area (Å²) in [4.78, 5) is 0. The Morgan fingerprint density at radius 2 is 0.736 bits per heavy atom. The molecule has 248 valence electrons. The minimum Gasteiger partial charge on any atom is -0.309 e. The van der Waals surface area contributed by atoms with Gasteiger partial charge in [-0.3, -0.25) is 0 Å². The quantitative estimate of drug-likeness (QED) is 0.127. The van der Waals surface area contributed by atoms with Crippen LogP contribution in [0, 0.1) is 11.3 Å². The molecule has 8 aromatic carbocycles. The molecule has 4 heteroatoms. The number of aromatic nitrogens is 2. The third kappa shape index (κ3) is 4.72. The molecule has 0 aliphatic rings. The highest BCUT2D eigenvalue weighted by Gasteiger charge is 2.42.